The second kappa shape index (κ2) is 10.5. The molecule has 6 nitrogen and oxygen atoms in total. The summed E-state index contributed by atoms with van der Waals surface area (Å²) >= 11 is 30.2. The Morgan fingerprint density at radius 1 is 0.800 bits per heavy atom. The van der Waals surface area contributed by atoms with Crippen molar-refractivity contribution in [1.82, 2.24) is 5.32 Å². The zero-order valence-electron chi connectivity index (χ0n) is 17.5. The first kappa shape index (κ1) is 25.4. The molecule has 0 aliphatic carbocycles. The summed E-state index contributed by atoms with van der Waals surface area (Å²) in [5, 5.41) is 6.71. The predicted octanol–water partition coefficient (Wildman–Crippen LogP) is 6.67. The fourth-order valence-electron chi connectivity index (χ4n) is 3.30. The van der Waals surface area contributed by atoms with Crippen molar-refractivity contribution < 1.29 is 14.4 Å². The Kier molecular flexibility index (Phi) is 7.59. The van der Waals surface area contributed by atoms with Crippen molar-refractivity contribution in [2.45, 2.75) is 6.54 Å². The highest BCUT2D eigenvalue weighted by Crippen LogP contribution is 2.33. The molecule has 11 heteroatoms. The van der Waals surface area contributed by atoms with E-state index in [1.807, 2.05) is 0 Å². The summed E-state index contributed by atoms with van der Waals surface area (Å²) in [6, 6.07) is 15.7. The van der Waals surface area contributed by atoms with Crippen LogP contribution in [0.4, 0.5) is 11.4 Å². The number of halogens is 5. The number of nitrogens with zero attached hydrogens (tertiary/aromatic N) is 1. The summed E-state index contributed by atoms with van der Waals surface area (Å²) in [5.74, 6) is -1.76. The first-order valence-electron chi connectivity index (χ1n) is 9.98. The first-order valence-corrected chi connectivity index (χ1v) is 11.9. The number of rotatable bonds is 6. The molecule has 0 spiro atoms. The van der Waals surface area contributed by atoms with E-state index >= 15 is 0 Å². The van der Waals surface area contributed by atoms with Crippen molar-refractivity contribution in [2.24, 2.45) is 0 Å². The van der Waals surface area contributed by atoms with E-state index in [0.29, 0.717) is 26.9 Å². The maximum absolute atomic E-state index is 13.0. The molecule has 1 heterocycles. The summed E-state index contributed by atoms with van der Waals surface area (Å²) in [5.41, 5.74) is 1.49. The van der Waals surface area contributed by atoms with Crippen molar-refractivity contribution >= 4 is 87.1 Å². The molecule has 1 aliphatic rings. The van der Waals surface area contributed by atoms with Gasteiger partial charge in [0.2, 0.25) is 0 Å². The van der Waals surface area contributed by atoms with Crippen molar-refractivity contribution in [3.05, 3.63) is 103 Å². The number of amides is 3. The quantitative estimate of drug-likeness (QED) is 0.325. The molecule has 0 saturated heterocycles. The van der Waals surface area contributed by atoms with Gasteiger partial charge in [0.15, 0.2) is 0 Å². The standard InChI is InChI=1S/C24H14Cl5N3O3/c25-14-5-4-13(18(27)9-14)11-30-22(33)12-2-1-3-15(8-12)31-21-20(29)23(34)32(24(21)35)16-6-7-17(26)19(28)10-16/h1-10,31H,11H2,(H,30,33). The van der Waals surface area contributed by atoms with Gasteiger partial charge in [-0.25, -0.2) is 4.90 Å². The molecule has 0 saturated carbocycles. The van der Waals surface area contributed by atoms with Crippen molar-refractivity contribution in [3.8, 4) is 0 Å². The van der Waals surface area contributed by atoms with Gasteiger partial charge in [-0.05, 0) is 54.1 Å². The molecule has 178 valence electrons. The van der Waals surface area contributed by atoms with Crippen LogP contribution in [0, 0.1) is 0 Å². The lowest BCUT2D eigenvalue weighted by atomic mass is 10.1. The maximum Gasteiger partial charge on any atom is 0.283 e. The average molecular weight is 570 g/mol. The van der Waals surface area contributed by atoms with Gasteiger partial charge in [0.05, 0.1) is 15.7 Å². The van der Waals surface area contributed by atoms with Gasteiger partial charge in [0.1, 0.15) is 10.7 Å². The van der Waals surface area contributed by atoms with Gasteiger partial charge >= 0.3 is 0 Å². The molecule has 3 amide bonds. The van der Waals surface area contributed by atoms with Gasteiger partial charge in [-0.3, -0.25) is 14.4 Å². The van der Waals surface area contributed by atoms with Gasteiger partial charge < -0.3 is 10.6 Å². The molecule has 2 N–H and O–H groups in total. The largest absolute Gasteiger partial charge is 0.350 e. The smallest absolute Gasteiger partial charge is 0.283 e. The first-order chi connectivity index (χ1) is 16.7. The van der Waals surface area contributed by atoms with Crippen LogP contribution in [0.25, 0.3) is 0 Å². The van der Waals surface area contributed by atoms with Gasteiger partial charge in [0, 0.05) is 27.8 Å². The van der Waals surface area contributed by atoms with E-state index in [9.17, 15) is 14.4 Å². The second-order valence-electron chi connectivity index (χ2n) is 7.36. The lowest BCUT2D eigenvalue weighted by Crippen LogP contribution is -2.32. The van der Waals surface area contributed by atoms with E-state index in [-0.39, 0.29) is 38.9 Å². The van der Waals surface area contributed by atoms with Crippen LogP contribution in [0.3, 0.4) is 0 Å². The number of carbonyl (C=O) groups is 3. The fraction of sp³-hybridized carbons (Fsp3) is 0.0417. The summed E-state index contributed by atoms with van der Waals surface area (Å²) < 4.78 is 0. The maximum atomic E-state index is 13.0. The molecule has 1 aliphatic heterocycles. The number of imide groups is 1. The number of hydrogen-bond donors (Lipinski definition) is 2. The van der Waals surface area contributed by atoms with E-state index in [1.54, 1.807) is 36.4 Å². The zero-order valence-corrected chi connectivity index (χ0v) is 21.3. The Hall–Kier alpha value is -2.74. The van der Waals surface area contributed by atoms with Crippen LogP contribution in [0.1, 0.15) is 15.9 Å². The lowest BCUT2D eigenvalue weighted by molar-refractivity contribution is -0.120. The summed E-state index contributed by atoms with van der Waals surface area (Å²) in [7, 11) is 0. The molecule has 0 aromatic heterocycles. The average Bonchev–Trinajstić information content (AvgIpc) is 3.03. The molecular formula is C24H14Cl5N3O3. The summed E-state index contributed by atoms with van der Waals surface area (Å²) in [4.78, 5) is 39.2. The van der Waals surface area contributed by atoms with Crippen LogP contribution < -0.4 is 15.5 Å². The Bertz CT molecular complexity index is 1410. The molecular weight excluding hydrogens is 556 g/mol. The van der Waals surface area contributed by atoms with Gasteiger partial charge in [-0.15, -0.1) is 0 Å². The van der Waals surface area contributed by atoms with Crippen LogP contribution in [-0.2, 0) is 16.1 Å². The highest BCUT2D eigenvalue weighted by molar-refractivity contribution is 6.53. The fourth-order valence-corrected chi connectivity index (χ4v) is 4.28. The van der Waals surface area contributed by atoms with Gasteiger partial charge in [-0.2, -0.15) is 0 Å². The van der Waals surface area contributed by atoms with E-state index in [2.05, 4.69) is 10.6 Å². The lowest BCUT2D eigenvalue weighted by Gasteiger charge is -2.16. The second-order valence-corrected chi connectivity index (χ2v) is 9.39. The summed E-state index contributed by atoms with van der Waals surface area (Å²) in [6.07, 6.45) is 0. The molecule has 0 atom stereocenters. The minimum absolute atomic E-state index is 0.131. The third-order valence-corrected chi connectivity index (χ3v) is 6.71. The molecule has 35 heavy (non-hydrogen) atoms. The SMILES string of the molecule is O=C(NCc1ccc(Cl)cc1Cl)c1cccc(NC2=C(Cl)C(=O)N(c3ccc(Cl)c(Cl)c3)C2=O)c1. The van der Waals surface area contributed by atoms with Crippen LogP contribution in [0.2, 0.25) is 20.1 Å². The number of nitrogens with one attached hydrogen (secondary N) is 2. The monoisotopic (exact) mass is 567 g/mol. The molecule has 0 fully saturated rings. The minimum atomic E-state index is -0.716. The van der Waals surface area contributed by atoms with E-state index < -0.39 is 11.8 Å². The van der Waals surface area contributed by atoms with E-state index in [4.69, 9.17) is 58.0 Å². The molecule has 0 radical (unpaired) electrons. The van der Waals surface area contributed by atoms with Crippen molar-refractivity contribution in [2.75, 3.05) is 10.2 Å². The van der Waals surface area contributed by atoms with Gasteiger partial charge in [0.25, 0.3) is 17.7 Å². The van der Waals surface area contributed by atoms with Crippen LogP contribution in [-0.4, -0.2) is 17.7 Å². The van der Waals surface area contributed by atoms with E-state index in [1.165, 1.54) is 24.3 Å². The Labute approximate surface area is 225 Å². The topological polar surface area (TPSA) is 78.5 Å². The summed E-state index contributed by atoms with van der Waals surface area (Å²) in [6.45, 7) is 0.190. The highest BCUT2D eigenvalue weighted by Gasteiger charge is 2.39. The van der Waals surface area contributed by atoms with Crippen molar-refractivity contribution in [3.63, 3.8) is 0 Å². The van der Waals surface area contributed by atoms with Gasteiger partial charge in [-0.1, -0.05) is 70.1 Å². The van der Waals surface area contributed by atoms with Crippen LogP contribution >= 0.6 is 58.0 Å². The Balaban J connectivity index is 1.49. The number of carbonyl (C=O) groups excluding carboxylic acids is 3. The third kappa shape index (κ3) is 5.42. The highest BCUT2D eigenvalue weighted by atomic mass is 35.5. The Morgan fingerprint density at radius 2 is 1.57 bits per heavy atom. The van der Waals surface area contributed by atoms with Crippen molar-refractivity contribution in [1.29, 1.82) is 0 Å². The number of anilines is 2. The normalized spacial score (nSPS) is 13.5. The number of benzene rings is 3. The molecule has 4 rings (SSSR count). The predicted molar refractivity (Wildman–Crippen MR) is 140 cm³/mol. The molecule has 0 unspecified atom stereocenters. The molecule has 0 bridgehead atoms. The van der Waals surface area contributed by atoms with Crippen LogP contribution in [0.15, 0.2) is 71.4 Å². The molecule has 3 aromatic rings. The zero-order chi connectivity index (χ0) is 25.3. The van der Waals surface area contributed by atoms with Crippen LogP contribution in [0.5, 0.6) is 0 Å². The minimum Gasteiger partial charge on any atom is -0.350 e. The third-order valence-electron chi connectivity index (χ3n) is 5.04. The molecule has 3 aromatic carbocycles. The Morgan fingerprint density at radius 3 is 2.29 bits per heavy atom. The van der Waals surface area contributed by atoms with E-state index in [0.717, 1.165) is 4.90 Å². The number of hydrogen-bond acceptors (Lipinski definition) is 4.